The van der Waals surface area contributed by atoms with Gasteiger partial charge in [0.25, 0.3) is 5.91 Å². The lowest BCUT2D eigenvalue weighted by atomic mass is 10.0. The molecule has 0 atom stereocenters. The molecule has 0 spiro atoms. The van der Waals surface area contributed by atoms with Crippen LogP contribution in [0.5, 0.6) is 11.5 Å². The smallest absolute Gasteiger partial charge is 0.336 e. The number of aryl methyl sites for hydroxylation is 1. The Morgan fingerprint density at radius 1 is 0.857 bits per heavy atom. The van der Waals surface area contributed by atoms with Gasteiger partial charge in [-0.3, -0.25) is 4.79 Å². The topological polar surface area (TPSA) is 90.9 Å². The highest BCUT2D eigenvalue weighted by Gasteiger charge is 2.22. The van der Waals surface area contributed by atoms with Crippen LogP contribution in [0.2, 0.25) is 0 Å². The molecule has 3 aromatic carbocycles. The highest BCUT2D eigenvalue weighted by Crippen LogP contribution is 2.41. The molecule has 0 radical (unpaired) electrons. The van der Waals surface area contributed by atoms with Gasteiger partial charge in [0.05, 0.1) is 19.9 Å². The summed E-state index contributed by atoms with van der Waals surface area (Å²) in [7, 11) is 3.05. The fraction of sp³-hybridized carbons (Fsp3) is 0.143. The standard InChI is InChI=1S/C28H23NO6/c1-4-16-9-10-24-21(11-16)22(15-25(30)34-24)27-26(20-7-5-6-8-23(20)35-27)29-28(31)17-12-18(32-2)14-19(13-17)33-3/h5-15H,4H2,1-3H3,(H,29,31). The Labute approximate surface area is 200 Å². The number of benzene rings is 3. The molecule has 7 heteroatoms. The van der Waals surface area contributed by atoms with Gasteiger partial charge >= 0.3 is 5.63 Å². The Bertz CT molecular complexity index is 1610. The summed E-state index contributed by atoms with van der Waals surface area (Å²) in [5, 5.41) is 4.42. The first kappa shape index (κ1) is 22.3. The maximum atomic E-state index is 13.4. The molecule has 0 aliphatic heterocycles. The minimum Gasteiger partial charge on any atom is -0.497 e. The average Bonchev–Trinajstić information content (AvgIpc) is 3.25. The molecule has 1 amide bonds. The first-order valence-corrected chi connectivity index (χ1v) is 11.1. The minimum atomic E-state index is -0.507. The van der Waals surface area contributed by atoms with E-state index in [2.05, 4.69) is 12.2 Å². The first-order chi connectivity index (χ1) is 17.0. The van der Waals surface area contributed by atoms with Crippen molar-refractivity contribution in [3.63, 3.8) is 0 Å². The molecule has 0 unspecified atom stereocenters. The summed E-state index contributed by atoms with van der Waals surface area (Å²) in [6, 6.07) is 19.4. The number of nitrogens with one attached hydrogen (secondary N) is 1. The second-order valence-corrected chi connectivity index (χ2v) is 8.02. The zero-order valence-electron chi connectivity index (χ0n) is 19.5. The third-order valence-corrected chi connectivity index (χ3v) is 5.91. The molecule has 0 aliphatic rings. The van der Waals surface area contributed by atoms with E-state index in [1.807, 2.05) is 36.4 Å². The lowest BCUT2D eigenvalue weighted by Gasteiger charge is -2.11. The van der Waals surface area contributed by atoms with Crippen molar-refractivity contribution in [1.82, 2.24) is 0 Å². The van der Waals surface area contributed by atoms with E-state index in [1.54, 1.807) is 24.3 Å². The molecule has 0 bridgehead atoms. The van der Waals surface area contributed by atoms with Gasteiger partial charge in [-0.2, -0.15) is 0 Å². The van der Waals surface area contributed by atoms with E-state index in [9.17, 15) is 9.59 Å². The number of fused-ring (bicyclic) bond motifs is 2. The Morgan fingerprint density at radius 3 is 2.29 bits per heavy atom. The fourth-order valence-electron chi connectivity index (χ4n) is 4.10. The van der Waals surface area contributed by atoms with Gasteiger partial charge in [0, 0.05) is 34.0 Å². The van der Waals surface area contributed by atoms with E-state index >= 15 is 0 Å². The number of methoxy groups -OCH3 is 2. The summed E-state index contributed by atoms with van der Waals surface area (Å²) in [6.07, 6.45) is 0.815. The average molecular weight is 469 g/mol. The van der Waals surface area contributed by atoms with Crippen LogP contribution >= 0.6 is 0 Å². The van der Waals surface area contributed by atoms with Gasteiger partial charge in [-0.25, -0.2) is 4.79 Å². The Balaban J connectivity index is 1.70. The molecule has 2 heterocycles. The molecule has 0 aliphatic carbocycles. The molecule has 5 aromatic rings. The summed E-state index contributed by atoms with van der Waals surface area (Å²) in [4.78, 5) is 25.8. The van der Waals surface area contributed by atoms with E-state index in [0.29, 0.717) is 50.6 Å². The van der Waals surface area contributed by atoms with Gasteiger partial charge in [0.15, 0.2) is 5.76 Å². The zero-order chi connectivity index (χ0) is 24.5. The maximum Gasteiger partial charge on any atom is 0.336 e. The summed E-state index contributed by atoms with van der Waals surface area (Å²) in [5.74, 6) is 0.980. The number of hydrogen-bond acceptors (Lipinski definition) is 6. The lowest BCUT2D eigenvalue weighted by Crippen LogP contribution is -2.13. The number of rotatable bonds is 6. The second kappa shape index (κ2) is 9.02. The Hall–Kier alpha value is -4.52. The SMILES string of the molecule is CCc1ccc2oc(=O)cc(-c3oc4ccccc4c3NC(=O)c3cc(OC)cc(OC)c3)c2c1. The lowest BCUT2D eigenvalue weighted by molar-refractivity contribution is 0.102. The van der Waals surface area contributed by atoms with Crippen molar-refractivity contribution in [2.45, 2.75) is 13.3 Å². The second-order valence-electron chi connectivity index (χ2n) is 8.02. The molecule has 0 fully saturated rings. The third-order valence-electron chi connectivity index (χ3n) is 5.91. The number of amides is 1. The quantitative estimate of drug-likeness (QED) is 0.305. The predicted octanol–water partition coefficient (Wildman–Crippen LogP) is 6.04. The van der Waals surface area contributed by atoms with Crippen LogP contribution in [0.1, 0.15) is 22.8 Å². The molecular formula is C28H23NO6. The van der Waals surface area contributed by atoms with Crippen LogP contribution in [0.3, 0.4) is 0 Å². The van der Waals surface area contributed by atoms with Crippen molar-refractivity contribution >= 4 is 33.5 Å². The largest absolute Gasteiger partial charge is 0.497 e. The fourth-order valence-corrected chi connectivity index (χ4v) is 4.10. The molecule has 1 N–H and O–H groups in total. The van der Waals surface area contributed by atoms with Gasteiger partial charge in [-0.05, 0) is 48.4 Å². The number of para-hydroxylation sites is 1. The molecule has 7 nitrogen and oxygen atoms in total. The summed E-state index contributed by atoms with van der Waals surface area (Å²) in [6.45, 7) is 2.05. The van der Waals surface area contributed by atoms with Crippen LogP contribution in [0, 0.1) is 0 Å². The monoisotopic (exact) mass is 469 g/mol. The molecule has 5 rings (SSSR count). The van der Waals surface area contributed by atoms with Crippen LogP contribution in [0.25, 0.3) is 33.3 Å². The molecule has 0 saturated heterocycles. The van der Waals surface area contributed by atoms with Gasteiger partial charge < -0.3 is 23.6 Å². The molecule has 2 aromatic heterocycles. The van der Waals surface area contributed by atoms with Gasteiger partial charge in [-0.15, -0.1) is 0 Å². The van der Waals surface area contributed by atoms with Crippen molar-refractivity contribution in [1.29, 1.82) is 0 Å². The normalized spacial score (nSPS) is 11.1. The summed E-state index contributed by atoms with van der Waals surface area (Å²) in [5.41, 5.74) is 2.95. The van der Waals surface area contributed by atoms with Crippen molar-refractivity contribution in [3.8, 4) is 22.8 Å². The van der Waals surface area contributed by atoms with E-state index in [0.717, 1.165) is 17.4 Å². The van der Waals surface area contributed by atoms with E-state index < -0.39 is 5.63 Å². The first-order valence-electron chi connectivity index (χ1n) is 11.1. The number of ether oxygens (including phenoxy) is 2. The number of furan rings is 1. The number of anilines is 1. The minimum absolute atomic E-state index is 0.350. The maximum absolute atomic E-state index is 13.4. The van der Waals surface area contributed by atoms with E-state index in [-0.39, 0.29) is 5.91 Å². The van der Waals surface area contributed by atoms with Gasteiger partial charge in [-0.1, -0.05) is 25.1 Å². The van der Waals surface area contributed by atoms with E-state index in [4.69, 9.17) is 18.3 Å². The molecule has 0 saturated carbocycles. The van der Waals surface area contributed by atoms with Crippen LogP contribution in [-0.2, 0) is 6.42 Å². The van der Waals surface area contributed by atoms with Crippen LogP contribution in [-0.4, -0.2) is 20.1 Å². The summed E-state index contributed by atoms with van der Waals surface area (Å²) >= 11 is 0. The molecule has 35 heavy (non-hydrogen) atoms. The Morgan fingerprint density at radius 2 is 1.57 bits per heavy atom. The van der Waals surface area contributed by atoms with Crippen LogP contribution in [0.15, 0.2) is 80.4 Å². The van der Waals surface area contributed by atoms with Gasteiger partial charge in [0.1, 0.15) is 22.7 Å². The Kier molecular flexibility index (Phi) is 5.74. The predicted molar refractivity (Wildman–Crippen MR) is 135 cm³/mol. The van der Waals surface area contributed by atoms with Crippen molar-refractivity contribution in [2.24, 2.45) is 0 Å². The molecule has 176 valence electrons. The van der Waals surface area contributed by atoms with Crippen molar-refractivity contribution < 1.29 is 23.1 Å². The van der Waals surface area contributed by atoms with Gasteiger partial charge in [0.2, 0.25) is 0 Å². The van der Waals surface area contributed by atoms with Crippen molar-refractivity contribution in [3.05, 3.63) is 88.3 Å². The molecular weight excluding hydrogens is 446 g/mol. The number of carbonyl (C=O) groups excluding carboxylic acids is 1. The number of hydrogen-bond donors (Lipinski definition) is 1. The number of carbonyl (C=O) groups is 1. The van der Waals surface area contributed by atoms with Crippen LogP contribution in [0.4, 0.5) is 5.69 Å². The highest BCUT2D eigenvalue weighted by atomic mass is 16.5. The van der Waals surface area contributed by atoms with Crippen molar-refractivity contribution in [2.75, 3.05) is 19.5 Å². The third kappa shape index (κ3) is 4.12. The summed E-state index contributed by atoms with van der Waals surface area (Å²) < 4.78 is 22.2. The zero-order valence-corrected chi connectivity index (χ0v) is 19.5. The van der Waals surface area contributed by atoms with E-state index in [1.165, 1.54) is 20.3 Å². The van der Waals surface area contributed by atoms with Crippen LogP contribution < -0.4 is 20.4 Å². The highest BCUT2D eigenvalue weighted by molar-refractivity contribution is 6.13.